The largest absolute Gasteiger partial charge is 0.507 e. The van der Waals surface area contributed by atoms with Gasteiger partial charge in [0.1, 0.15) is 5.75 Å². The van der Waals surface area contributed by atoms with Crippen LogP contribution in [0.25, 0.3) is 0 Å². The average molecular weight is 357 g/mol. The topological polar surface area (TPSA) is 61.7 Å². The molecule has 0 aromatic heterocycles. The highest BCUT2D eigenvalue weighted by atomic mass is 35.5. The van der Waals surface area contributed by atoms with Gasteiger partial charge in [-0.15, -0.1) is 0 Å². The Morgan fingerprint density at radius 3 is 2.33 bits per heavy atom. The van der Waals surface area contributed by atoms with Crippen LogP contribution in [0, 0.1) is 0 Å². The van der Waals surface area contributed by atoms with E-state index in [1.807, 2.05) is 0 Å². The molecule has 8 heteroatoms. The lowest BCUT2D eigenvalue weighted by Gasteiger charge is -2.08. The zero-order valence-corrected chi connectivity index (χ0v) is 13.1. The Hall–Kier alpha value is -2.54. The van der Waals surface area contributed by atoms with Crippen molar-refractivity contribution in [3.63, 3.8) is 0 Å². The molecule has 0 radical (unpaired) electrons. The van der Waals surface area contributed by atoms with Crippen molar-refractivity contribution in [2.45, 2.75) is 13.1 Å². The number of phenols is 1. The Morgan fingerprint density at radius 1 is 1.17 bits per heavy atom. The van der Waals surface area contributed by atoms with E-state index in [1.54, 1.807) is 13.0 Å². The fourth-order valence-corrected chi connectivity index (χ4v) is 2.05. The van der Waals surface area contributed by atoms with Crippen molar-refractivity contribution < 1.29 is 23.1 Å². The molecule has 0 bridgehead atoms. The Balaban J connectivity index is 2.11. The van der Waals surface area contributed by atoms with E-state index < -0.39 is 17.6 Å². The van der Waals surface area contributed by atoms with Crippen molar-refractivity contribution in [3.8, 4) is 5.75 Å². The van der Waals surface area contributed by atoms with Gasteiger partial charge in [0, 0.05) is 16.1 Å². The lowest BCUT2D eigenvalue weighted by atomic mass is 10.1. The maximum Gasteiger partial charge on any atom is 0.416 e. The first-order valence-electron chi connectivity index (χ1n) is 6.69. The number of nitrogens with one attached hydrogen (secondary N) is 1. The molecule has 2 rings (SSSR count). The van der Waals surface area contributed by atoms with Crippen molar-refractivity contribution in [1.29, 1.82) is 0 Å². The molecule has 0 aliphatic heterocycles. The van der Waals surface area contributed by atoms with Crippen LogP contribution in [-0.2, 0) is 6.18 Å². The summed E-state index contributed by atoms with van der Waals surface area (Å²) in [7, 11) is 0. The van der Waals surface area contributed by atoms with Gasteiger partial charge in [-0.05, 0) is 49.4 Å². The minimum Gasteiger partial charge on any atom is -0.507 e. The summed E-state index contributed by atoms with van der Waals surface area (Å²) in [5.41, 5.74) is 2.08. The van der Waals surface area contributed by atoms with E-state index in [2.05, 4.69) is 10.5 Å². The van der Waals surface area contributed by atoms with Crippen LogP contribution in [-0.4, -0.2) is 16.7 Å². The summed E-state index contributed by atoms with van der Waals surface area (Å²) in [6, 6.07) is 8.15. The van der Waals surface area contributed by atoms with E-state index in [0.717, 1.165) is 24.3 Å². The predicted octanol–water partition coefficient (Wildman–Crippen LogP) is 4.22. The summed E-state index contributed by atoms with van der Waals surface area (Å²) < 4.78 is 37.4. The van der Waals surface area contributed by atoms with E-state index >= 15 is 0 Å². The number of halogens is 4. The van der Waals surface area contributed by atoms with Crippen LogP contribution in [0.2, 0.25) is 5.02 Å². The normalized spacial score (nSPS) is 12.1. The Morgan fingerprint density at radius 2 is 1.79 bits per heavy atom. The number of hydrogen-bond acceptors (Lipinski definition) is 3. The molecule has 2 aromatic rings. The van der Waals surface area contributed by atoms with Crippen LogP contribution in [0.15, 0.2) is 47.6 Å². The van der Waals surface area contributed by atoms with E-state index in [1.165, 1.54) is 12.1 Å². The zero-order chi connectivity index (χ0) is 17.9. The van der Waals surface area contributed by atoms with Gasteiger partial charge in [0.2, 0.25) is 0 Å². The van der Waals surface area contributed by atoms with Crippen molar-refractivity contribution in [2.75, 3.05) is 0 Å². The first-order valence-corrected chi connectivity index (χ1v) is 7.07. The molecule has 126 valence electrons. The molecule has 1 amide bonds. The fourth-order valence-electron chi connectivity index (χ4n) is 1.88. The highest BCUT2D eigenvalue weighted by molar-refractivity contribution is 6.30. The molecule has 2 aromatic carbocycles. The second-order valence-corrected chi connectivity index (χ2v) is 5.31. The van der Waals surface area contributed by atoms with Crippen molar-refractivity contribution >= 4 is 23.2 Å². The average Bonchev–Trinajstić information content (AvgIpc) is 2.51. The van der Waals surface area contributed by atoms with Gasteiger partial charge in [-0.3, -0.25) is 4.79 Å². The fraction of sp³-hybridized carbons (Fsp3) is 0.125. The number of carbonyl (C=O) groups excluding carboxylic acids is 1. The lowest BCUT2D eigenvalue weighted by molar-refractivity contribution is -0.137. The Bertz CT molecular complexity index is 787. The van der Waals surface area contributed by atoms with Crippen LogP contribution in [0.1, 0.15) is 28.4 Å². The molecule has 0 spiro atoms. The quantitative estimate of drug-likeness (QED) is 0.639. The zero-order valence-electron chi connectivity index (χ0n) is 12.4. The molecule has 0 fully saturated rings. The van der Waals surface area contributed by atoms with Crippen LogP contribution in [0.5, 0.6) is 5.75 Å². The van der Waals surface area contributed by atoms with Crippen molar-refractivity contribution in [2.24, 2.45) is 5.10 Å². The molecule has 0 atom stereocenters. The van der Waals surface area contributed by atoms with Crippen LogP contribution in [0.3, 0.4) is 0 Å². The van der Waals surface area contributed by atoms with Crippen LogP contribution in [0.4, 0.5) is 13.2 Å². The number of hydrazone groups is 1. The monoisotopic (exact) mass is 356 g/mol. The molecule has 0 aliphatic rings. The van der Waals surface area contributed by atoms with Gasteiger partial charge in [0.15, 0.2) is 0 Å². The molecular weight excluding hydrogens is 345 g/mol. The second kappa shape index (κ2) is 6.92. The van der Waals surface area contributed by atoms with Gasteiger partial charge < -0.3 is 5.11 Å². The molecule has 0 aliphatic carbocycles. The SMILES string of the molecule is C/C(=N\NC(=O)c1ccc(C(F)(F)F)cc1)c1ccc(Cl)cc1O. The van der Waals surface area contributed by atoms with E-state index in [4.69, 9.17) is 11.6 Å². The van der Waals surface area contributed by atoms with Crippen molar-refractivity contribution in [1.82, 2.24) is 5.43 Å². The molecule has 4 nitrogen and oxygen atoms in total. The Labute approximate surface area is 140 Å². The molecule has 0 heterocycles. The first kappa shape index (κ1) is 17.8. The number of benzene rings is 2. The molecule has 0 saturated carbocycles. The number of carbonyl (C=O) groups is 1. The number of nitrogens with zero attached hydrogens (tertiary/aromatic N) is 1. The van der Waals surface area contributed by atoms with Gasteiger partial charge in [-0.1, -0.05) is 11.6 Å². The van der Waals surface area contributed by atoms with Crippen molar-refractivity contribution in [3.05, 3.63) is 64.2 Å². The summed E-state index contributed by atoms with van der Waals surface area (Å²) in [5, 5.41) is 13.9. The van der Waals surface area contributed by atoms with E-state index in [-0.39, 0.29) is 11.3 Å². The number of phenolic OH excluding ortho intramolecular Hbond substituents is 1. The van der Waals surface area contributed by atoms with Gasteiger partial charge >= 0.3 is 6.18 Å². The van der Waals surface area contributed by atoms with Gasteiger partial charge in [-0.2, -0.15) is 18.3 Å². The third-order valence-electron chi connectivity index (χ3n) is 3.15. The minimum atomic E-state index is -4.46. The maximum absolute atomic E-state index is 12.5. The number of alkyl halides is 3. The summed E-state index contributed by atoms with van der Waals surface area (Å²) in [6.07, 6.45) is -4.46. The number of rotatable bonds is 3. The van der Waals surface area contributed by atoms with Gasteiger partial charge in [0.05, 0.1) is 11.3 Å². The smallest absolute Gasteiger partial charge is 0.416 e. The third-order valence-corrected chi connectivity index (χ3v) is 3.38. The van der Waals surface area contributed by atoms with E-state index in [0.29, 0.717) is 16.3 Å². The van der Waals surface area contributed by atoms with Crippen LogP contribution < -0.4 is 5.43 Å². The van der Waals surface area contributed by atoms with Gasteiger partial charge in [-0.25, -0.2) is 5.43 Å². The number of aromatic hydroxyl groups is 1. The predicted molar refractivity (Wildman–Crippen MR) is 84.2 cm³/mol. The first-order chi connectivity index (χ1) is 11.2. The molecule has 0 unspecified atom stereocenters. The minimum absolute atomic E-state index is 0.0277. The summed E-state index contributed by atoms with van der Waals surface area (Å²) in [5.74, 6) is -0.774. The summed E-state index contributed by atoms with van der Waals surface area (Å²) in [4.78, 5) is 11.9. The second-order valence-electron chi connectivity index (χ2n) is 4.87. The molecule has 0 saturated heterocycles. The number of amides is 1. The standard InChI is InChI=1S/C16H12ClF3N2O2/c1-9(13-7-6-12(17)8-14(13)23)21-22-15(24)10-2-4-11(5-3-10)16(18,19)20/h2-8,23H,1H3,(H,22,24)/b21-9+. The highest BCUT2D eigenvalue weighted by Gasteiger charge is 2.30. The van der Waals surface area contributed by atoms with Gasteiger partial charge in [0.25, 0.3) is 5.91 Å². The Kier molecular flexibility index (Phi) is 5.14. The molecule has 24 heavy (non-hydrogen) atoms. The third kappa shape index (κ3) is 4.26. The van der Waals surface area contributed by atoms with Crippen LogP contribution >= 0.6 is 11.6 Å². The number of hydrogen-bond donors (Lipinski definition) is 2. The van der Waals surface area contributed by atoms with E-state index in [9.17, 15) is 23.1 Å². The maximum atomic E-state index is 12.5. The highest BCUT2D eigenvalue weighted by Crippen LogP contribution is 2.29. The molecule has 2 N–H and O–H groups in total. The summed E-state index contributed by atoms with van der Waals surface area (Å²) >= 11 is 5.72. The lowest BCUT2D eigenvalue weighted by Crippen LogP contribution is -2.19. The summed E-state index contributed by atoms with van der Waals surface area (Å²) in [6.45, 7) is 1.55. The molecular formula is C16H12ClF3N2O2.